The lowest BCUT2D eigenvalue weighted by atomic mass is 10.0. The summed E-state index contributed by atoms with van der Waals surface area (Å²) >= 11 is 0. The van der Waals surface area contributed by atoms with Crippen molar-refractivity contribution in [3.8, 4) is 0 Å². The van der Waals surface area contributed by atoms with Crippen LogP contribution in [0.1, 0.15) is 18.0 Å². The van der Waals surface area contributed by atoms with Crippen molar-refractivity contribution >= 4 is 5.97 Å². The third kappa shape index (κ3) is 3.18. The third-order valence-electron chi connectivity index (χ3n) is 1.88. The van der Waals surface area contributed by atoms with Gasteiger partial charge in [-0.1, -0.05) is 0 Å². The second-order valence-electron chi connectivity index (χ2n) is 3.09. The van der Waals surface area contributed by atoms with Crippen molar-refractivity contribution in [3.63, 3.8) is 0 Å². The second-order valence-corrected chi connectivity index (χ2v) is 3.09. The third-order valence-corrected chi connectivity index (χ3v) is 1.88. The average molecular weight is 237 g/mol. The monoisotopic (exact) mass is 237 g/mol. The Kier molecular flexibility index (Phi) is 3.46. The first-order chi connectivity index (χ1) is 7.30. The summed E-state index contributed by atoms with van der Waals surface area (Å²) in [5.41, 5.74) is -0.503. The molecule has 1 unspecified atom stereocenters. The average Bonchev–Trinajstić information content (AvgIpc) is 2.14. The zero-order chi connectivity index (χ0) is 12.3. The number of alkyl halides is 3. The van der Waals surface area contributed by atoms with Crippen LogP contribution in [-0.4, -0.2) is 22.2 Å². The van der Waals surface area contributed by atoms with E-state index < -0.39 is 36.0 Å². The van der Waals surface area contributed by atoms with Crippen molar-refractivity contribution in [1.82, 2.24) is 4.98 Å². The Morgan fingerprint density at radius 2 is 2.06 bits per heavy atom. The van der Waals surface area contributed by atoms with E-state index in [0.29, 0.717) is 6.20 Å². The molecule has 1 heterocycles. The standard InChI is InChI=1S/C9H7F4NO2/c10-5-1-2-7(14-4-5)6(3-8(15)16)9(11,12)13/h1-2,4,6H,3H2,(H,15,16). The van der Waals surface area contributed by atoms with Crippen LogP contribution in [0, 0.1) is 5.82 Å². The molecule has 1 N–H and O–H groups in total. The number of hydrogen-bond donors (Lipinski definition) is 1. The molecule has 1 rings (SSSR count). The number of rotatable bonds is 3. The van der Waals surface area contributed by atoms with Gasteiger partial charge in [-0.3, -0.25) is 9.78 Å². The molecule has 0 aromatic carbocycles. The zero-order valence-corrected chi connectivity index (χ0v) is 7.83. The first-order valence-electron chi connectivity index (χ1n) is 4.20. The van der Waals surface area contributed by atoms with E-state index in [1.165, 1.54) is 0 Å². The number of halogens is 4. The molecule has 0 aliphatic heterocycles. The van der Waals surface area contributed by atoms with Gasteiger partial charge in [0, 0.05) is 0 Å². The highest BCUT2D eigenvalue weighted by Crippen LogP contribution is 2.36. The number of pyridine rings is 1. The number of carboxylic acid groups (broad SMARTS) is 1. The number of nitrogens with zero attached hydrogens (tertiary/aromatic N) is 1. The van der Waals surface area contributed by atoms with E-state index in [4.69, 9.17) is 5.11 Å². The molecular formula is C9H7F4NO2. The van der Waals surface area contributed by atoms with E-state index in [9.17, 15) is 22.4 Å². The number of aromatic nitrogens is 1. The van der Waals surface area contributed by atoms with Gasteiger partial charge in [-0.15, -0.1) is 0 Å². The van der Waals surface area contributed by atoms with E-state index >= 15 is 0 Å². The van der Waals surface area contributed by atoms with Crippen molar-refractivity contribution in [2.24, 2.45) is 0 Å². The number of aliphatic carboxylic acids is 1. The predicted octanol–water partition coefficient (Wildman–Crippen LogP) is 2.34. The molecule has 0 saturated heterocycles. The van der Waals surface area contributed by atoms with Crippen LogP contribution >= 0.6 is 0 Å². The second kappa shape index (κ2) is 4.46. The fourth-order valence-corrected chi connectivity index (χ4v) is 1.16. The predicted molar refractivity (Wildman–Crippen MR) is 45.2 cm³/mol. The quantitative estimate of drug-likeness (QED) is 0.821. The maximum atomic E-state index is 12.5. The van der Waals surface area contributed by atoms with Gasteiger partial charge in [0.2, 0.25) is 0 Å². The molecule has 1 aromatic heterocycles. The summed E-state index contributed by atoms with van der Waals surface area (Å²) in [7, 11) is 0. The van der Waals surface area contributed by atoms with E-state index in [0.717, 1.165) is 12.1 Å². The maximum absolute atomic E-state index is 12.5. The lowest BCUT2D eigenvalue weighted by Crippen LogP contribution is -2.24. The normalized spacial score (nSPS) is 13.5. The van der Waals surface area contributed by atoms with Crippen LogP contribution in [-0.2, 0) is 4.79 Å². The van der Waals surface area contributed by atoms with Crippen LogP contribution in [0.5, 0.6) is 0 Å². The van der Waals surface area contributed by atoms with Gasteiger partial charge < -0.3 is 5.11 Å². The minimum Gasteiger partial charge on any atom is -0.481 e. The molecule has 0 bridgehead atoms. The summed E-state index contributed by atoms with van der Waals surface area (Å²) in [6.07, 6.45) is -5.22. The first-order valence-corrected chi connectivity index (χ1v) is 4.20. The van der Waals surface area contributed by atoms with Gasteiger partial charge >= 0.3 is 12.1 Å². The summed E-state index contributed by atoms with van der Waals surface area (Å²) < 4.78 is 49.9. The Bertz CT molecular complexity index is 374. The summed E-state index contributed by atoms with van der Waals surface area (Å²) in [6.45, 7) is 0. The van der Waals surface area contributed by atoms with Gasteiger partial charge in [0.05, 0.1) is 18.3 Å². The molecule has 1 atom stereocenters. The lowest BCUT2D eigenvalue weighted by molar-refractivity contribution is -0.164. The highest BCUT2D eigenvalue weighted by atomic mass is 19.4. The molecular weight excluding hydrogens is 230 g/mol. The Labute approximate surface area is 87.7 Å². The summed E-state index contributed by atoms with van der Waals surface area (Å²) in [5, 5.41) is 8.36. The molecule has 3 nitrogen and oxygen atoms in total. The maximum Gasteiger partial charge on any atom is 0.397 e. The van der Waals surface area contributed by atoms with E-state index in [1.807, 2.05) is 0 Å². The van der Waals surface area contributed by atoms with Crippen LogP contribution < -0.4 is 0 Å². The van der Waals surface area contributed by atoms with Crippen molar-refractivity contribution in [1.29, 1.82) is 0 Å². The number of carbonyl (C=O) groups is 1. The highest BCUT2D eigenvalue weighted by Gasteiger charge is 2.42. The summed E-state index contributed by atoms with van der Waals surface area (Å²) in [5.74, 6) is -4.58. The summed E-state index contributed by atoms with van der Waals surface area (Å²) in [6, 6.07) is 1.64. The van der Waals surface area contributed by atoms with Crippen LogP contribution in [0.4, 0.5) is 17.6 Å². The molecule has 0 aliphatic carbocycles. The van der Waals surface area contributed by atoms with Gasteiger partial charge in [0.25, 0.3) is 0 Å². The molecule has 0 spiro atoms. The largest absolute Gasteiger partial charge is 0.481 e. The van der Waals surface area contributed by atoms with E-state index in [1.54, 1.807) is 0 Å². The topological polar surface area (TPSA) is 50.2 Å². The molecule has 0 radical (unpaired) electrons. The van der Waals surface area contributed by atoms with Crippen molar-refractivity contribution in [3.05, 3.63) is 29.8 Å². The minimum atomic E-state index is -4.72. The van der Waals surface area contributed by atoms with Gasteiger partial charge in [-0.25, -0.2) is 4.39 Å². The van der Waals surface area contributed by atoms with E-state index in [-0.39, 0.29) is 0 Å². The van der Waals surface area contributed by atoms with E-state index in [2.05, 4.69) is 4.98 Å². The zero-order valence-electron chi connectivity index (χ0n) is 7.83. The molecule has 0 amide bonds. The highest BCUT2D eigenvalue weighted by molar-refractivity contribution is 5.68. The molecule has 16 heavy (non-hydrogen) atoms. The van der Waals surface area contributed by atoms with Gasteiger partial charge in [-0.05, 0) is 12.1 Å². The van der Waals surface area contributed by atoms with Crippen LogP contribution in [0.3, 0.4) is 0 Å². The minimum absolute atomic E-state index is 0.503. The molecule has 7 heteroatoms. The van der Waals surface area contributed by atoms with Crippen LogP contribution in [0.25, 0.3) is 0 Å². The Balaban J connectivity index is 3.01. The SMILES string of the molecule is O=C(O)CC(c1ccc(F)cn1)C(F)(F)F. The smallest absolute Gasteiger partial charge is 0.397 e. The van der Waals surface area contributed by atoms with Crippen molar-refractivity contribution in [2.45, 2.75) is 18.5 Å². The molecule has 0 aliphatic rings. The molecule has 0 fully saturated rings. The fourth-order valence-electron chi connectivity index (χ4n) is 1.16. The number of carboxylic acids is 1. The molecule has 1 aromatic rings. The summed E-state index contributed by atoms with van der Waals surface area (Å²) in [4.78, 5) is 13.5. The first kappa shape index (κ1) is 12.4. The number of hydrogen-bond acceptors (Lipinski definition) is 2. The Morgan fingerprint density at radius 3 is 2.44 bits per heavy atom. The fraction of sp³-hybridized carbons (Fsp3) is 0.333. The Hall–Kier alpha value is -1.66. The Morgan fingerprint density at radius 1 is 1.44 bits per heavy atom. The molecule has 0 saturated carbocycles. The molecule has 88 valence electrons. The van der Waals surface area contributed by atoms with Gasteiger partial charge in [0.1, 0.15) is 11.7 Å². The van der Waals surface area contributed by atoms with Crippen molar-refractivity contribution in [2.75, 3.05) is 0 Å². The van der Waals surface area contributed by atoms with Gasteiger partial charge in [0.15, 0.2) is 0 Å². The van der Waals surface area contributed by atoms with Crippen LogP contribution in [0.2, 0.25) is 0 Å². The lowest BCUT2D eigenvalue weighted by Gasteiger charge is -2.17. The van der Waals surface area contributed by atoms with Gasteiger partial charge in [-0.2, -0.15) is 13.2 Å². The van der Waals surface area contributed by atoms with Crippen LogP contribution in [0.15, 0.2) is 18.3 Å². The van der Waals surface area contributed by atoms with Crippen molar-refractivity contribution < 1.29 is 27.5 Å².